The van der Waals surface area contributed by atoms with E-state index in [9.17, 15) is 0 Å². The highest BCUT2D eigenvalue weighted by Gasteiger charge is 2.12. The normalized spacial score (nSPS) is 10.8. The molecular formula is C21H16ClN3. The van der Waals surface area contributed by atoms with Crippen molar-refractivity contribution in [2.75, 3.05) is 5.32 Å². The van der Waals surface area contributed by atoms with Crippen LogP contribution in [0.25, 0.3) is 22.0 Å². The lowest BCUT2D eigenvalue weighted by atomic mass is 10.0. The van der Waals surface area contributed by atoms with E-state index >= 15 is 0 Å². The van der Waals surface area contributed by atoms with Gasteiger partial charge in [0.05, 0.1) is 10.9 Å². The molecule has 4 aromatic rings. The van der Waals surface area contributed by atoms with Gasteiger partial charge in [0, 0.05) is 6.54 Å². The quantitative estimate of drug-likeness (QED) is 0.492. The molecule has 3 aromatic carbocycles. The number of benzene rings is 3. The van der Waals surface area contributed by atoms with Gasteiger partial charge in [0.15, 0.2) is 0 Å². The second-order valence-electron chi connectivity index (χ2n) is 5.75. The van der Waals surface area contributed by atoms with E-state index in [1.165, 1.54) is 5.56 Å². The maximum atomic E-state index is 6.14. The van der Waals surface area contributed by atoms with Crippen LogP contribution < -0.4 is 5.32 Å². The Bertz CT molecular complexity index is 1000. The highest BCUT2D eigenvalue weighted by atomic mass is 35.5. The van der Waals surface area contributed by atoms with E-state index in [1.807, 2.05) is 48.5 Å². The van der Waals surface area contributed by atoms with E-state index in [4.69, 9.17) is 11.6 Å². The van der Waals surface area contributed by atoms with Crippen LogP contribution in [0.15, 0.2) is 78.9 Å². The van der Waals surface area contributed by atoms with Gasteiger partial charge in [-0.25, -0.2) is 9.97 Å². The third-order valence-corrected chi connectivity index (χ3v) is 4.25. The number of hydrogen-bond donors (Lipinski definition) is 1. The molecule has 0 unspecified atom stereocenters. The summed E-state index contributed by atoms with van der Waals surface area (Å²) in [5.74, 6) is 0.748. The number of rotatable bonds is 4. The topological polar surface area (TPSA) is 37.8 Å². The molecule has 1 heterocycles. The van der Waals surface area contributed by atoms with Crippen molar-refractivity contribution < 1.29 is 0 Å². The van der Waals surface area contributed by atoms with E-state index in [0.29, 0.717) is 6.54 Å². The lowest BCUT2D eigenvalue weighted by molar-refractivity contribution is 1.10. The Balaban J connectivity index is 1.82. The predicted molar refractivity (Wildman–Crippen MR) is 104 cm³/mol. The molecule has 0 aliphatic heterocycles. The molecule has 0 bridgehead atoms. The fraction of sp³-hybridized carbons (Fsp3) is 0.0476. The van der Waals surface area contributed by atoms with E-state index in [2.05, 4.69) is 45.6 Å². The van der Waals surface area contributed by atoms with E-state index in [1.54, 1.807) is 0 Å². The van der Waals surface area contributed by atoms with Crippen molar-refractivity contribution in [1.29, 1.82) is 0 Å². The Labute approximate surface area is 151 Å². The van der Waals surface area contributed by atoms with Crippen molar-refractivity contribution in [3.8, 4) is 11.1 Å². The molecule has 25 heavy (non-hydrogen) atoms. The maximum Gasteiger partial charge on any atom is 0.224 e. The molecule has 0 amide bonds. The van der Waals surface area contributed by atoms with Gasteiger partial charge in [0.25, 0.3) is 0 Å². The van der Waals surface area contributed by atoms with Gasteiger partial charge in [-0.2, -0.15) is 0 Å². The average molecular weight is 346 g/mol. The van der Waals surface area contributed by atoms with Crippen LogP contribution >= 0.6 is 11.6 Å². The zero-order valence-electron chi connectivity index (χ0n) is 13.5. The Morgan fingerprint density at radius 3 is 2.24 bits per heavy atom. The summed E-state index contributed by atoms with van der Waals surface area (Å²) in [6.07, 6.45) is 0. The number of aromatic nitrogens is 2. The first-order valence-corrected chi connectivity index (χ1v) is 8.48. The summed E-state index contributed by atoms with van der Waals surface area (Å²) in [7, 11) is 0. The zero-order chi connectivity index (χ0) is 17.1. The molecule has 0 radical (unpaired) electrons. The zero-order valence-corrected chi connectivity index (χ0v) is 14.2. The van der Waals surface area contributed by atoms with Gasteiger partial charge in [0.2, 0.25) is 5.28 Å². The number of nitrogens with one attached hydrogen (secondary N) is 1. The van der Waals surface area contributed by atoms with Gasteiger partial charge in [-0.15, -0.1) is 0 Å². The van der Waals surface area contributed by atoms with Crippen molar-refractivity contribution in [3.63, 3.8) is 0 Å². The fourth-order valence-electron chi connectivity index (χ4n) is 2.92. The van der Waals surface area contributed by atoms with Crippen molar-refractivity contribution >= 4 is 28.3 Å². The molecule has 1 N–H and O–H groups in total. The molecule has 122 valence electrons. The van der Waals surface area contributed by atoms with Gasteiger partial charge in [-0.3, -0.25) is 0 Å². The van der Waals surface area contributed by atoms with Crippen LogP contribution in [0.5, 0.6) is 0 Å². The van der Waals surface area contributed by atoms with E-state index < -0.39 is 0 Å². The number of halogens is 1. The predicted octanol–water partition coefficient (Wildman–Crippen LogP) is 5.56. The largest absolute Gasteiger partial charge is 0.365 e. The highest BCUT2D eigenvalue weighted by molar-refractivity contribution is 6.29. The summed E-state index contributed by atoms with van der Waals surface area (Å²) >= 11 is 6.14. The molecule has 4 rings (SSSR count). The van der Waals surface area contributed by atoms with E-state index in [0.717, 1.165) is 27.8 Å². The number of hydrogen-bond acceptors (Lipinski definition) is 3. The lowest BCUT2D eigenvalue weighted by Gasteiger charge is -2.13. The summed E-state index contributed by atoms with van der Waals surface area (Å²) in [6.45, 7) is 0.673. The van der Waals surface area contributed by atoms with Crippen LogP contribution in [0, 0.1) is 0 Å². The molecule has 0 spiro atoms. The summed E-state index contributed by atoms with van der Waals surface area (Å²) < 4.78 is 0. The Hall–Kier alpha value is -2.91. The molecule has 1 aromatic heterocycles. The van der Waals surface area contributed by atoms with E-state index in [-0.39, 0.29) is 5.28 Å². The number of nitrogens with zero attached hydrogens (tertiary/aromatic N) is 2. The first-order chi connectivity index (χ1) is 12.3. The minimum Gasteiger partial charge on any atom is -0.365 e. The molecule has 0 saturated carbocycles. The molecule has 3 nitrogen and oxygen atoms in total. The third kappa shape index (κ3) is 3.32. The number of fused-ring (bicyclic) bond motifs is 1. The average Bonchev–Trinajstić information content (AvgIpc) is 2.67. The van der Waals surface area contributed by atoms with Crippen molar-refractivity contribution in [2.24, 2.45) is 0 Å². The molecule has 0 atom stereocenters. The lowest BCUT2D eigenvalue weighted by Crippen LogP contribution is -2.04. The minimum absolute atomic E-state index is 0.244. The van der Waals surface area contributed by atoms with Gasteiger partial charge >= 0.3 is 0 Å². The van der Waals surface area contributed by atoms with Gasteiger partial charge < -0.3 is 5.32 Å². The third-order valence-electron chi connectivity index (χ3n) is 4.08. The summed E-state index contributed by atoms with van der Waals surface area (Å²) in [5, 5.41) is 4.64. The SMILES string of the molecule is Clc1nc(NCc2ccccc2)c2c(-c3ccccc3)cccc2n1. The second kappa shape index (κ2) is 6.91. The van der Waals surface area contributed by atoms with Crippen LogP contribution in [-0.2, 0) is 6.54 Å². The summed E-state index contributed by atoms with van der Waals surface area (Å²) in [4.78, 5) is 8.84. The van der Waals surface area contributed by atoms with Gasteiger partial charge in [-0.1, -0.05) is 72.8 Å². The maximum absolute atomic E-state index is 6.14. The van der Waals surface area contributed by atoms with Gasteiger partial charge in [-0.05, 0) is 34.4 Å². The van der Waals surface area contributed by atoms with Crippen LogP contribution in [0.1, 0.15) is 5.56 Å². The Kier molecular flexibility index (Phi) is 4.32. The molecule has 0 aliphatic carbocycles. The number of anilines is 1. The standard InChI is InChI=1S/C21H16ClN3/c22-21-24-18-13-7-12-17(16-10-5-2-6-11-16)19(18)20(25-21)23-14-15-8-3-1-4-9-15/h1-13H,14H2,(H,23,24,25). The smallest absolute Gasteiger partial charge is 0.224 e. The first-order valence-electron chi connectivity index (χ1n) is 8.11. The van der Waals surface area contributed by atoms with Crippen molar-refractivity contribution in [3.05, 3.63) is 89.7 Å². The van der Waals surface area contributed by atoms with Crippen molar-refractivity contribution in [1.82, 2.24) is 9.97 Å². The molecule has 4 heteroatoms. The van der Waals surface area contributed by atoms with Crippen molar-refractivity contribution in [2.45, 2.75) is 6.54 Å². The summed E-state index contributed by atoms with van der Waals surface area (Å²) in [5.41, 5.74) is 4.23. The summed E-state index contributed by atoms with van der Waals surface area (Å²) in [6, 6.07) is 26.5. The first kappa shape index (κ1) is 15.6. The minimum atomic E-state index is 0.244. The second-order valence-corrected chi connectivity index (χ2v) is 6.08. The van der Waals surface area contributed by atoms with Crippen LogP contribution in [-0.4, -0.2) is 9.97 Å². The van der Waals surface area contributed by atoms with Crippen LogP contribution in [0.4, 0.5) is 5.82 Å². The monoisotopic (exact) mass is 345 g/mol. The van der Waals surface area contributed by atoms with Crippen LogP contribution in [0.2, 0.25) is 5.28 Å². The highest BCUT2D eigenvalue weighted by Crippen LogP contribution is 2.33. The molecular weight excluding hydrogens is 330 g/mol. The Morgan fingerprint density at radius 2 is 1.48 bits per heavy atom. The molecule has 0 aliphatic rings. The Morgan fingerprint density at radius 1 is 0.760 bits per heavy atom. The fourth-order valence-corrected chi connectivity index (χ4v) is 3.10. The molecule has 0 fully saturated rings. The van der Waals surface area contributed by atoms with Gasteiger partial charge in [0.1, 0.15) is 5.82 Å². The van der Waals surface area contributed by atoms with Crippen LogP contribution in [0.3, 0.4) is 0 Å². The molecule has 0 saturated heterocycles.